The summed E-state index contributed by atoms with van der Waals surface area (Å²) in [5, 5.41) is 10.6. The molecule has 0 atom stereocenters. The Bertz CT molecular complexity index is 197. The maximum Gasteiger partial charge on any atom is 0.303 e. The summed E-state index contributed by atoms with van der Waals surface area (Å²) in [4.78, 5) is 10.3. The molecule has 0 saturated heterocycles. The van der Waals surface area contributed by atoms with E-state index in [4.69, 9.17) is 5.11 Å². The summed E-state index contributed by atoms with van der Waals surface area (Å²) in [6, 6.07) is 0. The standard InChI is InChI=1S/C12H21NO2.ClH/c1-3-6-11(7-4-2)10-13-9-5-8-12(14)15;/h3-4,11,13H,1-2,5-10H2,(H,14,15);1H. The Morgan fingerprint density at radius 1 is 1.31 bits per heavy atom. The van der Waals surface area contributed by atoms with E-state index in [2.05, 4.69) is 18.5 Å². The Morgan fingerprint density at radius 2 is 1.88 bits per heavy atom. The van der Waals surface area contributed by atoms with E-state index in [1.54, 1.807) is 0 Å². The molecule has 0 spiro atoms. The molecule has 0 rings (SSSR count). The number of allylic oxidation sites excluding steroid dienone is 2. The molecule has 0 aliphatic carbocycles. The highest BCUT2D eigenvalue weighted by Gasteiger charge is 2.06. The lowest BCUT2D eigenvalue weighted by Gasteiger charge is -2.10. The first-order chi connectivity index (χ1) is 7.20. The molecule has 4 heteroatoms. The number of carbonyl (C=O) groups is 1. The summed E-state index contributed by atoms with van der Waals surface area (Å²) in [6.07, 6.45) is 6.87. The third-order valence-corrected chi connectivity index (χ3v) is 2.30. The van der Waals surface area contributed by atoms with Crippen LogP contribution in [0.4, 0.5) is 0 Å². The van der Waals surface area contributed by atoms with Gasteiger partial charge in [-0.1, -0.05) is 12.2 Å². The van der Waals surface area contributed by atoms with Gasteiger partial charge in [-0.2, -0.15) is 0 Å². The Labute approximate surface area is 104 Å². The fourth-order valence-electron chi connectivity index (χ4n) is 1.51. The molecule has 0 aliphatic rings. The van der Waals surface area contributed by atoms with Gasteiger partial charge in [0.1, 0.15) is 0 Å². The zero-order valence-corrected chi connectivity index (χ0v) is 10.5. The van der Waals surface area contributed by atoms with Gasteiger partial charge in [-0.3, -0.25) is 4.79 Å². The first-order valence-electron chi connectivity index (χ1n) is 5.46. The van der Waals surface area contributed by atoms with E-state index in [-0.39, 0.29) is 18.8 Å². The molecule has 0 unspecified atom stereocenters. The van der Waals surface area contributed by atoms with Gasteiger partial charge in [0, 0.05) is 12.3 Å². The Balaban J connectivity index is 0. The van der Waals surface area contributed by atoms with E-state index in [0.29, 0.717) is 5.92 Å². The van der Waals surface area contributed by atoms with Crippen LogP contribution in [0.25, 0.3) is 0 Å². The largest absolute Gasteiger partial charge is 1.00 e. The number of halogens is 1. The van der Waals surface area contributed by atoms with Crippen LogP contribution in [0.1, 0.15) is 25.7 Å². The number of rotatable bonds is 10. The van der Waals surface area contributed by atoms with Crippen molar-refractivity contribution in [1.29, 1.82) is 0 Å². The van der Waals surface area contributed by atoms with Crippen LogP contribution in [0.5, 0.6) is 0 Å². The van der Waals surface area contributed by atoms with Gasteiger partial charge in [-0.15, -0.1) is 13.2 Å². The van der Waals surface area contributed by atoms with Crippen molar-refractivity contribution in [3.05, 3.63) is 25.3 Å². The Kier molecular flexibility index (Phi) is 13.5. The molecular weight excluding hydrogens is 226 g/mol. The lowest BCUT2D eigenvalue weighted by atomic mass is 10.0. The molecule has 0 radical (unpaired) electrons. The molecule has 0 fully saturated rings. The molecule has 0 aromatic carbocycles. The summed E-state index contributed by atoms with van der Waals surface area (Å²) in [7, 11) is 0. The van der Waals surface area contributed by atoms with Gasteiger partial charge in [0.15, 0.2) is 0 Å². The van der Waals surface area contributed by atoms with Gasteiger partial charge in [0.2, 0.25) is 0 Å². The molecule has 0 aromatic heterocycles. The van der Waals surface area contributed by atoms with Gasteiger partial charge >= 0.3 is 5.97 Å². The van der Waals surface area contributed by atoms with E-state index in [1.165, 1.54) is 0 Å². The van der Waals surface area contributed by atoms with E-state index in [9.17, 15) is 4.79 Å². The molecule has 0 heterocycles. The highest BCUT2D eigenvalue weighted by molar-refractivity contribution is 5.66. The normalized spacial score (nSPS) is 9.56. The molecule has 0 bridgehead atoms. The van der Waals surface area contributed by atoms with Crippen LogP contribution in [0.15, 0.2) is 25.3 Å². The molecular formula is C12H22ClNO2. The second-order valence-corrected chi connectivity index (χ2v) is 3.73. The van der Waals surface area contributed by atoms with E-state index < -0.39 is 5.97 Å². The van der Waals surface area contributed by atoms with Crippen molar-refractivity contribution in [2.45, 2.75) is 25.7 Å². The molecule has 0 saturated carbocycles. The number of carboxylic acids is 1. The third-order valence-electron chi connectivity index (χ3n) is 2.30. The minimum atomic E-state index is -0.711. The van der Waals surface area contributed by atoms with Crippen molar-refractivity contribution >= 4 is 5.97 Å². The molecule has 0 aromatic rings. The summed E-state index contributed by atoms with van der Waals surface area (Å²) in [5.41, 5.74) is 0. The Hall–Kier alpha value is -0.800. The van der Waals surface area contributed by atoms with Gasteiger partial charge < -0.3 is 22.8 Å². The third kappa shape index (κ3) is 11.3. The smallest absolute Gasteiger partial charge is 0.303 e. The van der Waals surface area contributed by atoms with Crippen molar-refractivity contribution in [3.63, 3.8) is 0 Å². The molecule has 3 nitrogen and oxygen atoms in total. The number of nitrogens with two attached hydrogens (primary N) is 1. The first kappa shape index (κ1) is 17.6. The van der Waals surface area contributed by atoms with Crippen LogP contribution in [-0.4, -0.2) is 24.2 Å². The van der Waals surface area contributed by atoms with Crippen molar-refractivity contribution < 1.29 is 27.6 Å². The quantitative estimate of drug-likeness (QED) is 0.353. The highest BCUT2D eigenvalue weighted by Crippen LogP contribution is 2.06. The lowest BCUT2D eigenvalue weighted by Crippen LogP contribution is -3.00. The lowest BCUT2D eigenvalue weighted by molar-refractivity contribution is -0.660. The number of hydrogen-bond donors (Lipinski definition) is 2. The molecule has 94 valence electrons. The fraction of sp³-hybridized carbons (Fsp3) is 0.583. The van der Waals surface area contributed by atoms with Gasteiger partial charge in [0.05, 0.1) is 19.5 Å². The van der Waals surface area contributed by atoms with Crippen molar-refractivity contribution in [2.24, 2.45) is 5.92 Å². The van der Waals surface area contributed by atoms with Crippen LogP contribution >= 0.6 is 0 Å². The predicted octanol–water partition coefficient (Wildman–Crippen LogP) is -1.81. The topological polar surface area (TPSA) is 53.9 Å². The maximum absolute atomic E-state index is 10.3. The summed E-state index contributed by atoms with van der Waals surface area (Å²) < 4.78 is 0. The summed E-state index contributed by atoms with van der Waals surface area (Å²) in [6.45, 7) is 9.36. The van der Waals surface area contributed by atoms with Gasteiger partial charge in [-0.25, -0.2) is 0 Å². The number of aliphatic carboxylic acids is 1. The summed E-state index contributed by atoms with van der Waals surface area (Å²) >= 11 is 0. The number of hydrogen-bond acceptors (Lipinski definition) is 1. The van der Waals surface area contributed by atoms with Crippen LogP contribution in [0.2, 0.25) is 0 Å². The van der Waals surface area contributed by atoms with E-state index in [1.807, 2.05) is 12.2 Å². The van der Waals surface area contributed by atoms with Crippen LogP contribution in [-0.2, 0) is 4.79 Å². The van der Waals surface area contributed by atoms with E-state index in [0.717, 1.165) is 32.4 Å². The minimum Gasteiger partial charge on any atom is -1.00 e. The van der Waals surface area contributed by atoms with Crippen LogP contribution < -0.4 is 17.7 Å². The Morgan fingerprint density at radius 3 is 2.31 bits per heavy atom. The molecule has 16 heavy (non-hydrogen) atoms. The van der Waals surface area contributed by atoms with Crippen molar-refractivity contribution in [2.75, 3.05) is 13.1 Å². The predicted molar refractivity (Wildman–Crippen MR) is 61.6 cm³/mol. The fourth-order valence-corrected chi connectivity index (χ4v) is 1.51. The SMILES string of the molecule is C=CCC(CC=C)C[NH2+]CCCC(=O)O.[Cl-]. The zero-order chi connectivity index (χ0) is 11.5. The molecule has 3 N–H and O–H groups in total. The summed E-state index contributed by atoms with van der Waals surface area (Å²) in [5.74, 6) is -0.123. The zero-order valence-electron chi connectivity index (χ0n) is 9.70. The first-order valence-corrected chi connectivity index (χ1v) is 5.46. The second kappa shape index (κ2) is 12.3. The van der Waals surface area contributed by atoms with Gasteiger partial charge in [-0.05, 0) is 12.8 Å². The van der Waals surface area contributed by atoms with Crippen molar-refractivity contribution in [3.8, 4) is 0 Å². The molecule has 0 amide bonds. The second-order valence-electron chi connectivity index (χ2n) is 3.73. The van der Waals surface area contributed by atoms with Gasteiger partial charge in [0.25, 0.3) is 0 Å². The molecule has 0 aliphatic heterocycles. The maximum atomic E-state index is 10.3. The highest BCUT2D eigenvalue weighted by atomic mass is 35.5. The minimum absolute atomic E-state index is 0. The monoisotopic (exact) mass is 247 g/mol. The van der Waals surface area contributed by atoms with Crippen LogP contribution in [0, 0.1) is 5.92 Å². The van der Waals surface area contributed by atoms with E-state index >= 15 is 0 Å². The van der Waals surface area contributed by atoms with Crippen LogP contribution in [0.3, 0.4) is 0 Å². The number of quaternary nitrogens is 1. The average molecular weight is 248 g/mol. The average Bonchev–Trinajstić information content (AvgIpc) is 2.17. The number of carboxylic acid groups (broad SMARTS) is 1. The van der Waals surface area contributed by atoms with Crippen molar-refractivity contribution in [1.82, 2.24) is 0 Å².